The van der Waals surface area contributed by atoms with Crippen LogP contribution in [0.1, 0.15) is 45.4 Å². The maximum Gasteiger partial charge on any atom is 0.223 e. The van der Waals surface area contributed by atoms with Crippen molar-refractivity contribution in [2.24, 2.45) is 11.8 Å². The van der Waals surface area contributed by atoms with Gasteiger partial charge in [0, 0.05) is 12.5 Å². The monoisotopic (exact) mass is 226 g/mol. The quantitative estimate of drug-likeness (QED) is 0.703. The first-order chi connectivity index (χ1) is 7.74. The van der Waals surface area contributed by atoms with Gasteiger partial charge in [0.2, 0.25) is 5.91 Å². The molecule has 0 aromatic carbocycles. The number of hydrogen-bond donors (Lipinski definition) is 2. The van der Waals surface area contributed by atoms with Crippen LogP contribution < -0.4 is 10.6 Å². The molecule has 94 valence electrons. The van der Waals surface area contributed by atoms with E-state index in [4.69, 9.17) is 0 Å². The number of nitrogens with one attached hydrogen (secondary N) is 2. The maximum absolute atomic E-state index is 11.9. The molecule has 2 N–H and O–H groups in total. The van der Waals surface area contributed by atoms with Gasteiger partial charge in [-0.15, -0.1) is 0 Å². The molecule has 1 fully saturated rings. The Morgan fingerprint density at radius 3 is 2.38 bits per heavy atom. The van der Waals surface area contributed by atoms with Crippen LogP contribution in [0.2, 0.25) is 0 Å². The molecule has 0 aliphatic heterocycles. The van der Waals surface area contributed by atoms with Gasteiger partial charge in [0.15, 0.2) is 0 Å². The van der Waals surface area contributed by atoms with Crippen LogP contribution >= 0.6 is 0 Å². The fourth-order valence-corrected chi connectivity index (χ4v) is 2.38. The van der Waals surface area contributed by atoms with Crippen molar-refractivity contribution in [3.05, 3.63) is 0 Å². The second kappa shape index (κ2) is 7.66. The minimum Gasteiger partial charge on any atom is -0.356 e. The lowest BCUT2D eigenvalue weighted by Crippen LogP contribution is -2.36. The van der Waals surface area contributed by atoms with Crippen LogP contribution in [-0.4, -0.2) is 26.0 Å². The third kappa shape index (κ3) is 4.97. The predicted molar refractivity (Wildman–Crippen MR) is 67.3 cm³/mol. The molecule has 3 heteroatoms. The second-order valence-corrected chi connectivity index (χ2v) is 5.10. The Hall–Kier alpha value is -0.570. The number of carbonyl (C=O) groups is 1. The Morgan fingerprint density at radius 1 is 1.19 bits per heavy atom. The van der Waals surface area contributed by atoms with Crippen molar-refractivity contribution in [2.45, 2.75) is 45.4 Å². The molecule has 0 heterocycles. The third-order valence-corrected chi connectivity index (χ3v) is 3.40. The van der Waals surface area contributed by atoms with Crippen LogP contribution in [0.5, 0.6) is 0 Å². The summed E-state index contributed by atoms with van der Waals surface area (Å²) in [6.07, 6.45) is 7.24. The van der Waals surface area contributed by atoms with Crippen LogP contribution in [0.3, 0.4) is 0 Å². The van der Waals surface area contributed by atoms with E-state index in [1.165, 1.54) is 25.7 Å². The van der Waals surface area contributed by atoms with E-state index in [0.29, 0.717) is 5.92 Å². The molecule has 0 bridgehead atoms. The summed E-state index contributed by atoms with van der Waals surface area (Å²) < 4.78 is 0. The van der Waals surface area contributed by atoms with Crippen molar-refractivity contribution in [3.8, 4) is 0 Å². The molecule has 1 atom stereocenters. The van der Waals surface area contributed by atoms with Gasteiger partial charge in [0.1, 0.15) is 0 Å². The molecule has 1 aliphatic carbocycles. The van der Waals surface area contributed by atoms with Crippen molar-refractivity contribution >= 4 is 5.91 Å². The van der Waals surface area contributed by atoms with Crippen LogP contribution in [0, 0.1) is 11.8 Å². The third-order valence-electron chi connectivity index (χ3n) is 3.40. The zero-order valence-electron chi connectivity index (χ0n) is 10.7. The van der Waals surface area contributed by atoms with Gasteiger partial charge in [-0.2, -0.15) is 0 Å². The Labute approximate surface area is 99.4 Å². The highest BCUT2D eigenvalue weighted by Crippen LogP contribution is 2.22. The summed E-state index contributed by atoms with van der Waals surface area (Å²) in [6, 6.07) is 0. The molecule has 1 unspecified atom stereocenters. The van der Waals surface area contributed by atoms with Gasteiger partial charge in [-0.3, -0.25) is 4.79 Å². The first-order valence-corrected chi connectivity index (χ1v) is 6.66. The maximum atomic E-state index is 11.9. The zero-order chi connectivity index (χ0) is 11.8. The SMILES string of the molecule is CNCC(C)CNC(=O)C1CCCCCC1. The highest BCUT2D eigenvalue weighted by molar-refractivity contribution is 5.78. The van der Waals surface area contributed by atoms with Gasteiger partial charge in [0.05, 0.1) is 0 Å². The highest BCUT2D eigenvalue weighted by atomic mass is 16.1. The van der Waals surface area contributed by atoms with Crippen LogP contribution in [0.4, 0.5) is 0 Å². The molecule has 0 aromatic heterocycles. The average molecular weight is 226 g/mol. The summed E-state index contributed by atoms with van der Waals surface area (Å²) >= 11 is 0. The molecule has 16 heavy (non-hydrogen) atoms. The Balaban J connectivity index is 2.22. The second-order valence-electron chi connectivity index (χ2n) is 5.10. The van der Waals surface area contributed by atoms with E-state index in [9.17, 15) is 4.79 Å². The van der Waals surface area contributed by atoms with Gasteiger partial charge in [-0.1, -0.05) is 32.6 Å². The molecule has 3 nitrogen and oxygen atoms in total. The molecule has 0 saturated heterocycles. The average Bonchev–Trinajstić information content (AvgIpc) is 2.55. The number of rotatable bonds is 5. The van der Waals surface area contributed by atoms with E-state index < -0.39 is 0 Å². The lowest BCUT2D eigenvalue weighted by Gasteiger charge is -2.16. The smallest absolute Gasteiger partial charge is 0.223 e. The Kier molecular flexibility index (Phi) is 6.46. The molecule has 1 saturated carbocycles. The van der Waals surface area contributed by atoms with Crippen molar-refractivity contribution in [1.82, 2.24) is 10.6 Å². The molecular weight excluding hydrogens is 200 g/mol. The van der Waals surface area contributed by atoms with Gasteiger partial charge < -0.3 is 10.6 Å². The van der Waals surface area contributed by atoms with Gasteiger partial charge in [-0.25, -0.2) is 0 Å². The zero-order valence-corrected chi connectivity index (χ0v) is 10.7. The standard InChI is InChI=1S/C13H26N2O/c1-11(9-14-2)10-15-13(16)12-7-5-3-4-6-8-12/h11-12,14H,3-10H2,1-2H3,(H,15,16). The molecule has 0 spiro atoms. The lowest BCUT2D eigenvalue weighted by atomic mass is 9.99. The number of carbonyl (C=O) groups excluding carboxylic acids is 1. The highest BCUT2D eigenvalue weighted by Gasteiger charge is 2.19. The minimum atomic E-state index is 0.282. The minimum absolute atomic E-state index is 0.282. The van der Waals surface area contributed by atoms with Crippen LogP contribution in [0.15, 0.2) is 0 Å². The Morgan fingerprint density at radius 2 is 1.81 bits per heavy atom. The first-order valence-electron chi connectivity index (χ1n) is 6.66. The van der Waals surface area contributed by atoms with Crippen molar-refractivity contribution in [2.75, 3.05) is 20.1 Å². The summed E-state index contributed by atoms with van der Waals surface area (Å²) in [5.74, 6) is 1.08. The Bertz CT molecular complexity index is 198. The fraction of sp³-hybridized carbons (Fsp3) is 0.923. The summed E-state index contributed by atoms with van der Waals surface area (Å²) in [5.41, 5.74) is 0. The molecule has 0 radical (unpaired) electrons. The van der Waals surface area contributed by atoms with E-state index in [1.54, 1.807) is 0 Å². The van der Waals surface area contributed by atoms with E-state index in [0.717, 1.165) is 25.9 Å². The number of amides is 1. The van der Waals surface area contributed by atoms with Crippen LogP contribution in [0.25, 0.3) is 0 Å². The molecular formula is C13H26N2O. The van der Waals surface area contributed by atoms with Gasteiger partial charge in [-0.05, 0) is 32.4 Å². The van der Waals surface area contributed by atoms with Gasteiger partial charge >= 0.3 is 0 Å². The number of hydrogen-bond acceptors (Lipinski definition) is 2. The van der Waals surface area contributed by atoms with E-state index in [-0.39, 0.29) is 11.8 Å². The summed E-state index contributed by atoms with van der Waals surface area (Å²) in [6.45, 7) is 3.92. The molecule has 0 aromatic rings. The topological polar surface area (TPSA) is 41.1 Å². The predicted octanol–water partition coefficient (Wildman–Crippen LogP) is 1.93. The molecule has 1 rings (SSSR count). The lowest BCUT2D eigenvalue weighted by molar-refractivity contribution is -0.125. The van der Waals surface area contributed by atoms with Crippen molar-refractivity contribution in [3.63, 3.8) is 0 Å². The van der Waals surface area contributed by atoms with Crippen molar-refractivity contribution in [1.29, 1.82) is 0 Å². The van der Waals surface area contributed by atoms with E-state index in [1.807, 2.05) is 7.05 Å². The summed E-state index contributed by atoms with van der Waals surface area (Å²) in [7, 11) is 1.95. The first kappa shape index (κ1) is 13.5. The van der Waals surface area contributed by atoms with E-state index in [2.05, 4.69) is 17.6 Å². The largest absolute Gasteiger partial charge is 0.356 e. The normalized spacial score (nSPS) is 20.1. The molecule has 1 aliphatic rings. The van der Waals surface area contributed by atoms with Gasteiger partial charge in [0.25, 0.3) is 0 Å². The van der Waals surface area contributed by atoms with Crippen molar-refractivity contribution < 1.29 is 4.79 Å². The fourth-order valence-electron chi connectivity index (χ4n) is 2.38. The summed E-state index contributed by atoms with van der Waals surface area (Å²) in [4.78, 5) is 11.9. The molecule has 1 amide bonds. The van der Waals surface area contributed by atoms with E-state index >= 15 is 0 Å². The summed E-state index contributed by atoms with van der Waals surface area (Å²) in [5, 5.41) is 6.22. The van der Waals surface area contributed by atoms with Crippen LogP contribution in [-0.2, 0) is 4.79 Å².